The van der Waals surface area contributed by atoms with Gasteiger partial charge in [-0.1, -0.05) is 26.3 Å². The zero-order valence-corrected chi connectivity index (χ0v) is 28.7. The summed E-state index contributed by atoms with van der Waals surface area (Å²) in [6, 6.07) is 0. The highest BCUT2D eigenvalue weighted by Crippen LogP contribution is 2.62. The van der Waals surface area contributed by atoms with E-state index in [-0.39, 0.29) is 35.5 Å². The molecule has 0 radical (unpaired) electrons. The number of fused-ring (bicyclic) bond motifs is 1. The quantitative estimate of drug-likeness (QED) is 0.122. The molecule has 3 nitrogen and oxygen atoms in total. The summed E-state index contributed by atoms with van der Waals surface area (Å²) in [5, 5.41) is 0. The van der Waals surface area contributed by atoms with Gasteiger partial charge in [-0.3, -0.25) is 4.79 Å². The highest BCUT2D eigenvalue weighted by Gasteiger charge is 2.71. The van der Waals surface area contributed by atoms with E-state index < -0.39 is 45.6 Å². The molecule has 41 heavy (non-hydrogen) atoms. The third kappa shape index (κ3) is 8.72. The summed E-state index contributed by atoms with van der Waals surface area (Å²) in [6.45, 7) is 18.5. The van der Waals surface area contributed by atoms with Crippen LogP contribution in [-0.2, 0) is 13.6 Å². The van der Waals surface area contributed by atoms with E-state index in [1.54, 1.807) is 0 Å². The Balaban J connectivity index is 2.48. The molecule has 0 heterocycles. The fourth-order valence-corrected chi connectivity index (χ4v) is 10.8. The minimum atomic E-state index is -5.67. The zero-order chi connectivity index (χ0) is 31.9. The van der Waals surface area contributed by atoms with Gasteiger partial charge in [-0.15, -0.1) is 0 Å². The van der Waals surface area contributed by atoms with Crippen LogP contribution in [0.25, 0.3) is 0 Å². The largest absolute Gasteiger partial charge is 0.429 e. The molecule has 0 aliphatic heterocycles. The predicted octanol–water partition coefficient (Wildman–Crippen LogP) is 10.2. The molecule has 2 fully saturated rings. The van der Waals surface area contributed by atoms with Crippen molar-refractivity contribution in [2.24, 2.45) is 22.7 Å². The van der Waals surface area contributed by atoms with Crippen LogP contribution in [0, 0.1) is 22.7 Å². The number of hydrogen-bond donors (Lipinski definition) is 0. The SMILES string of the molecule is CC(C)(CCC[C@](C)(C/C=C\C(O[Si](C)(C)C)(C(F)(F)F)C(F)(F)F)C1CCC2C(=O)CCC[C@@]21C)O[Si](C)(C)C. The maximum absolute atomic E-state index is 14.2. The van der Waals surface area contributed by atoms with Gasteiger partial charge >= 0.3 is 12.4 Å². The number of hydrogen-bond acceptors (Lipinski definition) is 3. The molecular weight excluding hydrogens is 578 g/mol. The van der Waals surface area contributed by atoms with Gasteiger partial charge in [0.05, 0.1) is 5.60 Å². The second-order valence-corrected chi connectivity index (χ2v) is 24.4. The zero-order valence-electron chi connectivity index (χ0n) is 26.7. The first kappa shape index (κ1) is 36.5. The van der Waals surface area contributed by atoms with Crippen molar-refractivity contribution in [3.8, 4) is 0 Å². The first-order valence-electron chi connectivity index (χ1n) is 14.9. The third-order valence-electron chi connectivity index (χ3n) is 9.06. The predicted molar refractivity (Wildman–Crippen MR) is 157 cm³/mol. The van der Waals surface area contributed by atoms with Crippen molar-refractivity contribution in [3.63, 3.8) is 0 Å². The van der Waals surface area contributed by atoms with E-state index in [1.807, 2.05) is 20.8 Å². The summed E-state index contributed by atoms with van der Waals surface area (Å²) in [5.41, 5.74) is -5.67. The Morgan fingerprint density at radius 1 is 0.878 bits per heavy atom. The first-order chi connectivity index (χ1) is 18.2. The van der Waals surface area contributed by atoms with E-state index in [1.165, 1.54) is 19.6 Å². The number of ketones is 1. The van der Waals surface area contributed by atoms with Gasteiger partial charge in [0.15, 0.2) is 16.6 Å². The lowest BCUT2D eigenvalue weighted by Crippen LogP contribution is -2.61. The van der Waals surface area contributed by atoms with Crippen LogP contribution in [0.15, 0.2) is 12.2 Å². The van der Waals surface area contributed by atoms with Crippen LogP contribution in [0.1, 0.15) is 85.5 Å². The van der Waals surface area contributed by atoms with Crippen LogP contribution in [0.3, 0.4) is 0 Å². The number of allylic oxidation sites excluding steroid dienone is 1. The summed E-state index contributed by atoms with van der Waals surface area (Å²) in [7, 11) is -5.10. The van der Waals surface area contributed by atoms with Gasteiger partial charge in [0.2, 0.25) is 0 Å². The van der Waals surface area contributed by atoms with E-state index in [0.29, 0.717) is 19.3 Å². The summed E-state index contributed by atoms with van der Waals surface area (Å²) in [6.07, 6.45) is -4.38. The van der Waals surface area contributed by atoms with E-state index in [0.717, 1.165) is 38.2 Å². The van der Waals surface area contributed by atoms with Crippen molar-refractivity contribution >= 4 is 22.4 Å². The maximum atomic E-state index is 14.2. The maximum Gasteiger partial charge on any atom is 0.429 e. The molecule has 2 aliphatic carbocycles. The van der Waals surface area contributed by atoms with Gasteiger partial charge in [0.25, 0.3) is 5.60 Å². The summed E-state index contributed by atoms with van der Waals surface area (Å²) in [4.78, 5) is 12.8. The molecule has 0 aromatic heterocycles. The van der Waals surface area contributed by atoms with E-state index in [9.17, 15) is 31.1 Å². The van der Waals surface area contributed by atoms with Crippen LogP contribution >= 0.6 is 0 Å². The molecule has 2 aliphatic rings. The monoisotopic (exact) mass is 630 g/mol. The Morgan fingerprint density at radius 2 is 1.41 bits per heavy atom. The van der Waals surface area contributed by atoms with E-state index >= 15 is 0 Å². The molecule has 11 heteroatoms. The van der Waals surface area contributed by atoms with Gasteiger partial charge in [0, 0.05) is 12.3 Å². The number of carbonyl (C=O) groups is 1. The van der Waals surface area contributed by atoms with Crippen molar-refractivity contribution in [2.45, 2.75) is 148 Å². The van der Waals surface area contributed by atoms with Crippen LogP contribution < -0.4 is 0 Å². The number of halogens is 6. The van der Waals surface area contributed by atoms with Gasteiger partial charge in [-0.05, 0) is 121 Å². The molecule has 2 saturated carbocycles. The molecule has 0 saturated heterocycles. The van der Waals surface area contributed by atoms with Gasteiger partial charge in [0.1, 0.15) is 5.78 Å². The molecule has 2 rings (SSSR count). The molecule has 0 N–H and O–H groups in total. The van der Waals surface area contributed by atoms with Crippen molar-refractivity contribution < 1.29 is 40.0 Å². The molecule has 0 spiro atoms. The van der Waals surface area contributed by atoms with Gasteiger partial charge in [-0.25, -0.2) is 0 Å². The lowest BCUT2D eigenvalue weighted by molar-refractivity contribution is -0.340. The topological polar surface area (TPSA) is 35.5 Å². The van der Waals surface area contributed by atoms with Crippen LogP contribution in [0.4, 0.5) is 26.3 Å². The Bertz CT molecular complexity index is 934. The van der Waals surface area contributed by atoms with Gasteiger partial charge < -0.3 is 8.85 Å². The van der Waals surface area contributed by atoms with Crippen LogP contribution in [0.5, 0.6) is 0 Å². The van der Waals surface area contributed by atoms with Crippen LogP contribution in [0.2, 0.25) is 39.3 Å². The number of carbonyl (C=O) groups excluding carboxylic acids is 1. The Morgan fingerprint density at radius 3 is 1.90 bits per heavy atom. The molecule has 0 bridgehead atoms. The standard InChI is InChI=1S/C30H52F6O3Si2/c1-25(2,38-40(5,6)7)17-12-18-26(3,24-16-15-22-23(37)14-11-20-27(22,24)4)19-13-21-28(29(31,32)33,30(34,35)36)39-41(8,9)10/h13,21-22,24H,11-12,14-20H2,1-10H3/b21-13-/t22?,24?,26-,27+/m1/s1. The Hall–Kier alpha value is -0.656. The van der Waals surface area contributed by atoms with E-state index in [4.69, 9.17) is 8.85 Å². The van der Waals surface area contributed by atoms with Gasteiger partial charge in [-0.2, -0.15) is 26.3 Å². The Kier molecular flexibility index (Phi) is 10.7. The molecule has 4 atom stereocenters. The third-order valence-corrected chi connectivity index (χ3v) is 11.2. The second-order valence-electron chi connectivity index (χ2n) is 15.5. The average molecular weight is 631 g/mol. The first-order valence-corrected chi connectivity index (χ1v) is 21.7. The molecule has 0 aromatic carbocycles. The highest BCUT2D eigenvalue weighted by molar-refractivity contribution is 6.70. The average Bonchev–Trinajstić information content (AvgIpc) is 3.07. The fraction of sp³-hybridized carbons (Fsp3) is 0.900. The minimum absolute atomic E-state index is 0.000922. The number of Topliss-reactive ketones (excluding diaryl/α,β-unsaturated/α-hetero) is 1. The number of alkyl halides is 6. The van der Waals surface area contributed by atoms with Crippen molar-refractivity contribution in [2.75, 3.05) is 0 Å². The summed E-state index contributed by atoms with van der Waals surface area (Å²) >= 11 is 0. The fourth-order valence-electron chi connectivity index (χ4n) is 7.77. The van der Waals surface area contributed by atoms with Crippen molar-refractivity contribution in [3.05, 3.63) is 12.2 Å². The normalized spacial score (nSPS) is 26.9. The summed E-state index contributed by atoms with van der Waals surface area (Å²) < 4.78 is 96.4. The molecule has 240 valence electrons. The molecule has 2 unspecified atom stereocenters. The lowest BCUT2D eigenvalue weighted by Gasteiger charge is -2.48. The smallest absolute Gasteiger partial charge is 0.413 e. The minimum Gasteiger partial charge on any atom is -0.413 e. The molecule has 0 aromatic rings. The highest BCUT2D eigenvalue weighted by atomic mass is 28.4. The molecule has 0 amide bonds. The Labute approximate surface area is 245 Å². The second kappa shape index (κ2) is 12.0. The van der Waals surface area contributed by atoms with Crippen molar-refractivity contribution in [1.29, 1.82) is 0 Å². The summed E-state index contributed by atoms with van der Waals surface area (Å²) in [5.74, 6) is 0.135. The lowest BCUT2D eigenvalue weighted by atomic mass is 9.56. The number of rotatable bonds is 12. The van der Waals surface area contributed by atoms with Crippen LogP contribution in [-0.4, -0.2) is 46.0 Å². The molecular formula is C30H52F6O3Si2. The van der Waals surface area contributed by atoms with E-state index in [2.05, 4.69) is 26.6 Å². The van der Waals surface area contributed by atoms with Crippen molar-refractivity contribution in [1.82, 2.24) is 0 Å².